The monoisotopic (exact) mass is 422 g/mol. The van der Waals surface area contributed by atoms with Crippen molar-refractivity contribution in [1.29, 1.82) is 0 Å². The molecule has 1 N–H and O–H groups in total. The summed E-state index contributed by atoms with van der Waals surface area (Å²) >= 11 is 5.77. The summed E-state index contributed by atoms with van der Waals surface area (Å²) in [5.41, 5.74) is 1.19. The number of rotatable bonds is 9. The second-order valence-corrected chi connectivity index (χ2v) is 7.56. The summed E-state index contributed by atoms with van der Waals surface area (Å²) in [7, 11) is 1.66. The van der Waals surface area contributed by atoms with Gasteiger partial charge in [-0.05, 0) is 48.6 Å². The van der Waals surface area contributed by atoms with Crippen molar-refractivity contribution in [3.8, 4) is 11.5 Å². The predicted octanol–water partition coefficient (Wildman–Crippen LogP) is 4.53. The third kappa shape index (κ3) is 6.18. The predicted molar refractivity (Wildman–Crippen MR) is 112 cm³/mol. The molecule has 1 fully saturated rings. The number of hydrogen-bond acceptors (Lipinski definition) is 6. The summed E-state index contributed by atoms with van der Waals surface area (Å²) in [6, 6.07) is 6.27. The van der Waals surface area contributed by atoms with Gasteiger partial charge in [-0.25, -0.2) is 9.37 Å². The third-order valence-corrected chi connectivity index (χ3v) is 5.21. The van der Waals surface area contributed by atoms with Gasteiger partial charge in [-0.2, -0.15) is 4.98 Å². The maximum absolute atomic E-state index is 13.8. The van der Waals surface area contributed by atoms with Crippen LogP contribution < -0.4 is 14.8 Å². The number of benzene rings is 1. The molecule has 2 heterocycles. The molecule has 0 saturated carbocycles. The molecule has 0 radical (unpaired) electrons. The number of methoxy groups -OCH3 is 1. The van der Waals surface area contributed by atoms with Gasteiger partial charge >= 0.3 is 0 Å². The van der Waals surface area contributed by atoms with E-state index in [-0.39, 0.29) is 17.1 Å². The number of nitrogens with zero attached hydrogens (tertiary/aromatic N) is 3. The van der Waals surface area contributed by atoms with Crippen molar-refractivity contribution >= 4 is 17.4 Å². The van der Waals surface area contributed by atoms with Gasteiger partial charge in [0.15, 0.2) is 23.1 Å². The largest absolute Gasteiger partial charge is 0.493 e. The summed E-state index contributed by atoms with van der Waals surface area (Å²) in [6.45, 7) is 5.50. The number of unbranched alkanes of at least 4 members (excludes halogenated alkanes) is 1. The van der Waals surface area contributed by atoms with Crippen molar-refractivity contribution in [2.75, 3.05) is 32.1 Å². The first kappa shape index (κ1) is 21.6. The molecule has 1 aliphatic rings. The normalized spacial score (nSPS) is 15.3. The molecule has 1 aliphatic heterocycles. The molecule has 0 unspecified atom stereocenters. The van der Waals surface area contributed by atoms with E-state index in [1.54, 1.807) is 7.11 Å². The van der Waals surface area contributed by atoms with Crippen molar-refractivity contribution in [3.63, 3.8) is 0 Å². The first-order valence-corrected chi connectivity index (χ1v) is 10.4. The van der Waals surface area contributed by atoms with Crippen LogP contribution in [0.15, 0.2) is 24.4 Å². The fourth-order valence-corrected chi connectivity index (χ4v) is 3.53. The topological polar surface area (TPSA) is 59.5 Å². The van der Waals surface area contributed by atoms with Gasteiger partial charge in [-0.3, -0.25) is 4.90 Å². The number of halogens is 2. The van der Waals surface area contributed by atoms with Crippen LogP contribution in [-0.2, 0) is 6.54 Å². The van der Waals surface area contributed by atoms with Crippen molar-refractivity contribution in [2.45, 2.75) is 45.2 Å². The van der Waals surface area contributed by atoms with E-state index in [2.05, 4.69) is 39.2 Å². The Kier molecular flexibility index (Phi) is 7.89. The lowest BCUT2D eigenvalue weighted by Crippen LogP contribution is -2.39. The zero-order valence-electron chi connectivity index (χ0n) is 17.0. The number of aromatic nitrogens is 2. The molecule has 8 heteroatoms. The Bertz CT molecular complexity index is 800. The summed E-state index contributed by atoms with van der Waals surface area (Å²) in [4.78, 5) is 9.97. The van der Waals surface area contributed by atoms with Crippen molar-refractivity contribution in [3.05, 3.63) is 41.1 Å². The summed E-state index contributed by atoms with van der Waals surface area (Å²) in [5, 5.41) is 3.20. The van der Waals surface area contributed by atoms with Crippen LogP contribution in [0, 0.1) is 5.82 Å². The molecule has 158 valence electrons. The van der Waals surface area contributed by atoms with Gasteiger partial charge in [0.25, 0.3) is 0 Å². The number of ether oxygens (including phenoxy) is 2. The fraction of sp³-hybridized carbons (Fsp3) is 0.524. The minimum atomic E-state index is -0.481. The van der Waals surface area contributed by atoms with Crippen LogP contribution >= 0.6 is 11.6 Å². The van der Waals surface area contributed by atoms with Gasteiger partial charge < -0.3 is 14.8 Å². The Morgan fingerprint density at radius 1 is 1.28 bits per heavy atom. The SMILES string of the molecule is CCCCOc1cc(CN2CCC(Nc3nc(Cl)ncc3F)CC2)ccc1OC. The van der Waals surface area contributed by atoms with Gasteiger partial charge in [0.05, 0.1) is 19.9 Å². The lowest BCUT2D eigenvalue weighted by molar-refractivity contribution is 0.210. The number of likely N-dealkylation sites (tertiary alicyclic amines) is 1. The number of anilines is 1. The molecule has 1 saturated heterocycles. The molecule has 0 bridgehead atoms. The maximum Gasteiger partial charge on any atom is 0.224 e. The quantitative estimate of drug-likeness (QED) is 0.473. The van der Waals surface area contributed by atoms with Crippen LogP contribution in [-0.4, -0.2) is 47.7 Å². The van der Waals surface area contributed by atoms with E-state index >= 15 is 0 Å². The summed E-state index contributed by atoms with van der Waals surface area (Å²) in [6.07, 6.45) is 5.01. The number of hydrogen-bond donors (Lipinski definition) is 1. The van der Waals surface area contributed by atoms with E-state index in [0.717, 1.165) is 63.0 Å². The second-order valence-electron chi connectivity index (χ2n) is 7.22. The first-order chi connectivity index (χ1) is 14.1. The highest BCUT2D eigenvalue weighted by Crippen LogP contribution is 2.29. The molecule has 0 spiro atoms. The van der Waals surface area contributed by atoms with E-state index < -0.39 is 5.82 Å². The molecular formula is C21H28ClFN4O2. The first-order valence-electron chi connectivity index (χ1n) is 10.1. The minimum absolute atomic E-state index is 0.0443. The number of nitrogens with one attached hydrogen (secondary N) is 1. The van der Waals surface area contributed by atoms with Crippen molar-refractivity contribution in [1.82, 2.24) is 14.9 Å². The van der Waals surface area contributed by atoms with Gasteiger partial charge in [0.2, 0.25) is 5.28 Å². The van der Waals surface area contributed by atoms with Crippen LogP contribution in [0.25, 0.3) is 0 Å². The molecule has 1 aromatic carbocycles. The fourth-order valence-electron chi connectivity index (χ4n) is 3.39. The highest BCUT2D eigenvalue weighted by Gasteiger charge is 2.21. The van der Waals surface area contributed by atoms with Crippen LogP contribution in [0.1, 0.15) is 38.2 Å². The minimum Gasteiger partial charge on any atom is -0.493 e. The van der Waals surface area contributed by atoms with E-state index in [0.29, 0.717) is 6.61 Å². The molecule has 29 heavy (non-hydrogen) atoms. The average Bonchev–Trinajstić information content (AvgIpc) is 2.72. The zero-order chi connectivity index (χ0) is 20.6. The smallest absolute Gasteiger partial charge is 0.224 e. The summed E-state index contributed by atoms with van der Waals surface area (Å²) < 4.78 is 25.1. The Morgan fingerprint density at radius 2 is 2.07 bits per heavy atom. The second kappa shape index (κ2) is 10.6. The van der Waals surface area contributed by atoms with E-state index in [9.17, 15) is 4.39 Å². The molecule has 0 aliphatic carbocycles. The molecule has 2 aromatic rings. The average molecular weight is 423 g/mol. The molecule has 1 aromatic heterocycles. The standard InChI is InChI=1S/C21H28ClFN4O2/c1-3-4-11-29-19-12-15(5-6-18(19)28-2)14-27-9-7-16(8-10-27)25-20-17(23)13-24-21(22)26-20/h5-6,12-13,16H,3-4,7-11,14H2,1-2H3,(H,24,25,26). The Labute approximate surface area is 176 Å². The Morgan fingerprint density at radius 3 is 2.79 bits per heavy atom. The number of piperidine rings is 1. The van der Waals surface area contributed by atoms with Gasteiger partial charge in [-0.1, -0.05) is 19.4 Å². The molecule has 0 amide bonds. The lowest BCUT2D eigenvalue weighted by Gasteiger charge is -2.32. The summed E-state index contributed by atoms with van der Waals surface area (Å²) in [5.74, 6) is 1.25. The highest BCUT2D eigenvalue weighted by molar-refractivity contribution is 6.28. The van der Waals surface area contributed by atoms with E-state index in [4.69, 9.17) is 21.1 Å². The van der Waals surface area contributed by atoms with Gasteiger partial charge in [0, 0.05) is 25.7 Å². The molecular weight excluding hydrogens is 395 g/mol. The molecule has 6 nitrogen and oxygen atoms in total. The van der Waals surface area contributed by atoms with Crippen LogP contribution in [0.4, 0.5) is 10.2 Å². The van der Waals surface area contributed by atoms with Crippen LogP contribution in [0.3, 0.4) is 0 Å². The third-order valence-electron chi connectivity index (χ3n) is 5.03. The maximum atomic E-state index is 13.8. The molecule has 3 rings (SSSR count). The van der Waals surface area contributed by atoms with Gasteiger partial charge in [-0.15, -0.1) is 0 Å². The zero-order valence-corrected chi connectivity index (χ0v) is 17.7. The van der Waals surface area contributed by atoms with Crippen LogP contribution in [0.2, 0.25) is 5.28 Å². The Balaban J connectivity index is 1.53. The van der Waals surface area contributed by atoms with Crippen LogP contribution in [0.5, 0.6) is 11.5 Å². The van der Waals surface area contributed by atoms with Crippen molar-refractivity contribution in [2.24, 2.45) is 0 Å². The molecule has 0 atom stereocenters. The highest BCUT2D eigenvalue weighted by atomic mass is 35.5. The van der Waals surface area contributed by atoms with E-state index in [1.165, 1.54) is 5.56 Å². The van der Waals surface area contributed by atoms with E-state index in [1.807, 2.05) is 6.07 Å². The van der Waals surface area contributed by atoms with Crippen molar-refractivity contribution < 1.29 is 13.9 Å². The Hall–Kier alpha value is -2.12. The van der Waals surface area contributed by atoms with Gasteiger partial charge in [0.1, 0.15) is 0 Å². The lowest BCUT2D eigenvalue weighted by atomic mass is 10.0.